The standard InChI is InChI=1S/C22H22N2O4S/c1-4-17-20(14(2)28-24-17)22(26)27-15(3)21(25)23-18-12-8-9-13-19(18)29-16-10-6-5-7-11-16/h5-13,15H,4H2,1-3H3,(H,23,25)/t15-/m1/s1. The number of benzene rings is 2. The van der Waals surface area contributed by atoms with Gasteiger partial charge in [-0.3, -0.25) is 4.79 Å². The van der Waals surface area contributed by atoms with Crippen molar-refractivity contribution in [2.45, 2.75) is 43.1 Å². The van der Waals surface area contributed by atoms with Gasteiger partial charge in [0.2, 0.25) is 0 Å². The quantitative estimate of drug-likeness (QED) is 0.559. The molecule has 0 unspecified atom stereocenters. The summed E-state index contributed by atoms with van der Waals surface area (Å²) in [5.41, 5.74) is 1.46. The molecule has 3 rings (SSSR count). The highest BCUT2D eigenvalue weighted by Gasteiger charge is 2.25. The highest BCUT2D eigenvalue weighted by molar-refractivity contribution is 7.99. The highest BCUT2D eigenvalue weighted by Crippen LogP contribution is 2.33. The number of nitrogens with zero attached hydrogens (tertiary/aromatic N) is 1. The van der Waals surface area contributed by atoms with Crippen LogP contribution in [0.3, 0.4) is 0 Å². The fourth-order valence-electron chi connectivity index (χ4n) is 2.70. The van der Waals surface area contributed by atoms with Crippen molar-refractivity contribution in [3.05, 3.63) is 71.6 Å². The van der Waals surface area contributed by atoms with Crippen LogP contribution in [0.25, 0.3) is 0 Å². The lowest BCUT2D eigenvalue weighted by Gasteiger charge is -2.15. The molecule has 0 aliphatic rings. The molecule has 3 aromatic rings. The summed E-state index contributed by atoms with van der Waals surface area (Å²) in [7, 11) is 0. The van der Waals surface area contributed by atoms with Gasteiger partial charge in [0.15, 0.2) is 6.10 Å². The summed E-state index contributed by atoms with van der Waals surface area (Å²) in [6.07, 6.45) is -0.441. The molecule has 0 bridgehead atoms. The maximum absolute atomic E-state index is 12.6. The lowest BCUT2D eigenvalue weighted by Crippen LogP contribution is -2.30. The van der Waals surface area contributed by atoms with E-state index in [9.17, 15) is 9.59 Å². The molecule has 0 saturated carbocycles. The molecule has 1 amide bonds. The molecule has 0 fully saturated rings. The molecule has 2 aromatic carbocycles. The molecule has 0 saturated heterocycles. The Morgan fingerprint density at radius 2 is 1.83 bits per heavy atom. The first kappa shape index (κ1) is 20.7. The van der Waals surface area contributed by atoms with E-state index in [0.29, 0.717) is 23.6 Å². The summed E-state index contributed by atoms with van der Waals surface area (Å²) < 4.78 is 10.4. The van der Waals surface area contributed by atoms with Crippen LogP contribution in [-0.2, 0) is 16.0 Å². The molecule has 1 heterocycles. The molecule has 1 aromatic heterocycles. The summed E-state index contributed by atoms with van der Waals surface area (Å²) >= 11 is 1.54. The minimum atomic E-state index is -0.976. The number of rotatable bonds is 7. The smallest absolute Gasteiger partial charge is 0.344 e. The molecule has 0 aliphatic heterocycles. The second-order valence-corrected chi connectivity index (χ2v) is 7.48. The molecular formula is C22H22N2O4S. The lowest BCUT2D eigenvalue weighted by atomic mass is 10.1. The second-order valence-electron chi connectivity index (χ2n) is 6.36. The third-order valence-corrected chi connectivity index (χ3v) is 5.33. The first-order valence-electron chi connectivity index (χ1n) is 9.28. The summed E-state index contributed by atoms with van der Waals surface area (Å²) in [6, 6.07) is 17.4. The van der Waals surface area contributed by atoms with Gasteiger partial charge in [0, 0.05) is 9.79 Å². The molecular weight excluding hydrogens is 388 g/mol. The van der Waals surface area contributed by atoms with Gasteiger partial charge in [0.1, 0.15) is 11.3 Å². The number of hydrogen-bond acceptors (Lipinski definition) is 6. The van der Waals surface area contributed by atoms with E-state index in [2.05, 4.69) is 10.5 Å². The number of amides is 1. The van der Waals surface area contributed by atoms with Gasteiger partial charge in [-0.2, -0.15) is 0 Å². The molecule has 1 atom stereocenters. The Morgan fingerprint density at radius 3 is 2.55 bits per heavy atom. The van der Waals surface area contributed by atoms with Gasteiger partial charge in [0.25, 0.3) is 5.91 Å². The SMILES string of the molecule is CCc1noc(C)c1C(=O)O[C@H](C)C(=O)Nc1ccccc1Sc1ccccc1. The van der Waals surface area contributed by atoms with Crippen molar-refractivity contribution in [3.8, 4) is 0 Å². The van der Waals surface area contributed by atoms with Crippen molar-refractivity contribution in [1.82, 2.24) is 5.16 Å². The van der Waals surface area contributed by atoms with Crippen LogP contribution < -0.4 is 5.32 Å². The summed E-state index contributed by atoms with van der Waals surface area (Å²) in [5, 5.41) is 6.70. The Hall–Kier alpha value is -3.06. The highest BCUT2D eigenvalue weighted by atomic mass is 32.2. The predicted octanol–water partition coefficient (Wildman–Crippen LogP) is 4.88. The fourth-order valence-corrected chi connectivity index (χ4v) is 3.63. The number of aryl methyl sites for hydroxylation is 2. The van der Waals surface area contributed by atoms with Gasteiger partial charge in [-0.25, -0.2) is 4.79 Å². The van der Waals surface area contributed by atoms with Crippen LogP contribution in [0.1, 0.15) is 35.7 Å². The van der Waals surface area contributed by atoms with Gasteiger partial charge < -0.3 is 14.6 Å². The minimum Gasteiger partial charge on any atom is -0.449 e. The number of aromatic nitrogens is 1. The first-order valence-corrected chi connectivity index (χ1v) is 10.1. The monoisotopic (exact) mass is 410 g/mol. The Kier molecular flexibility index (Phi) is 6.72. The molecule has 1 N–H and O–H groups in total. The number of carbonyl (C=O) groups excluding carboxylic acids is 2. The summed E-state index contributed by atoms with van der Waals surface area (Å²) in [4.78, 5) is 27.1. The van der Waals surface area contributed by atoms with Crippen molar-refractivity contribution < 1.29 is 18.8 Å². The van der Waals surface area contributed by atoms with Crippen LogP contribution in [0, 0.1) is 6.92 Å². The van der Waals surface area contributed by atoms with E-state index >= 15 is 0 Å². The third kappa shape index (κ3) is 5.06. The fraction of sp³-hybridized carbons (Fsp3) is 0.227. The normalized spacial score (nSPS) is 11.7. The number of ether oxygens (including phenoxy) is 1. The number of para-hydroxylation sites is 1. The van der Waals surface area contributed by atoms with Gasteiger partial charge in [-0.05, 0) is 44.5 Å². The van der Waals surface area contributed by atoms with Crippen molar-refractivity contribution in [3.63, 3.8) is 0 Å². The van der Waals surface area contributed by atoms with Crippen LogP contribution >= 0.6 is 11.8 Å². The molecule has 0 radical (unpaired) electrons. The maximum Gasteiger partial charge on any atom is 0.344 e. The van der Waals surface area contributed by atoms with Crippen LogP contribution in [-0.4, -0.2) is 23.1 Å². The van der Waals surface area contributed by atoms with Crippen LogP contribution in [0.5, 0.6) is 0 Å². The number of esters is 1. The number of hydrogen-bond donors (Lipinski definition) is 1. The summed E-state index contributed by atoms with van der Waals surface area (Å²) in [6.45, 7) is 5.05. The van der Waals surface area contributed by atoms with E-state index in [0.717, 1.165) is 9.79 Å². The van der Waals surface area contributed by atoms with Crippen molar-refractivity contribution in [1.29, 1.82) is 0 Å². The van der Waals surface area contributed by atoms with Crippen molar-refractivity contribution in [2.24, 2.45) is 0 Å². The van der Waals surface area contributed by atoms with Gasteiger partial charge in [-0.15, -0.1) is 0 Å². The average molecular weight is 410 g/mol. The Balaban J connectivity index is 1.68. The van der Waals surface area contributed by atoms with Gasteiger partial charge >= 0.3 is 5.97 Å². The first-order chi connectivity index (χ1) is 14.0. The van der Waals surface area contributed by atoms with Gasteiger partial charge in [-0.1, -0.05) is 54.2 Å². The molecule has 6 nitrogen and oxygen atoms in total. The lowest BCUT2D eigenvalue weighted by molar-refractivity contribution is -0.123. The predicted molar refractivity (Wildman–Crippen MR) is 111 cm³/mol. The van der Waals surface area contributed by atoms with Gasteiger partial charge in [0.05, 0.1) is 11.4 Å². The van der Waals surface area contributed by atoms with E-state index in [1.54, 1.807) is 18.7 Å². The molecule has 7 heteroatoms. The maximum atomic E-state index is 12.6. The van der Waals surface area contributed by atoms with E-state index in [4.69, 9.17) is 9.26 Å². The van der Waals surface area contributed by atoms with Crippen molar-refractivity contribution in [2.75, 3.05) is 5.32 Å². The molecule has 29 heavy (non-hydrogen) atoms. The van der Waals surface area contributed by atoms with E-state index < -0.39 is 18.0 Å². The van der Waals surface area contributed by atoms with E-state index in [1.807, 2.05) is 61.5 Å². The zero-order chi connectivity index (χ0) is 20.8. The third-order valence-electron chi connectivity index (χ3n) is 4.24. The minimum absolute atomic E-state index is 0.284. The van der Waals surface area contributed by atoms with E-state index in [1.165, 1.54) is 6.92 Å². The van der Waals surface area contributed by atoms with Crippen LogP contribution in [0.15, 0.2) is 68.9 Å². The Bertz CT molecular complexity index is 1000. The molecule has 0 aliphatic carbocycles. The topological polar surface area (TPSA) is 81.4 Å². The number of carbonyl (C=O) groups is 2. The van der Waals surface area contributed by atoms with Crippen LogP contribution in [0.4, 0.5) is 5.69 Å². The zero-order valence-corrected chi connectivity index (χ0v) is 17.3. The Labute approximate surface area is 173 Å². The average Bonchev–Trinajstić information content (AvgIpc) is 3.10. The molecule has 150 valence electrons. The zero-order valence-electron chi connectivity index (χ0n) is 16.5. The van der Waals surface area contributed by atoms with E-state index in [-0.39, 0.29) is 5.56 Å². The largest absolute Gasteiger partial charge is 0.449 e. The Morgan fingerprint density at radius 1 is 1.14 bits per heavy atom. The second kappa shape index (κ2) is 9.43. The van der Waals surface area contributed by atoms with Crippen molar-refractivity contribution >= 4 is 29.3 Å². The summed E-state index contributed by atoms with van der Waals surface area (Å²) in [5.74, 6) is -0.647. The molecule has 0 spiro atoms. The van der Waals surface area contributed by atoms with Crippen LogP contribution in [0.2, 0.25) is 0 Å². The number of anilines is 1. The number of nitrogens with one attached hydrogen (secondary N) is 1.